The van der Waals surface area contributed by atoms with E-state index in [9.17, 15) is 4.79 Å². The number of hydrogen-bond donors (Lipinski definition) is 1. The van der Waals surface area contributed by atoms with E-state index in [0.717, 1.165) is 46.6 Å². The van der Waals surface area contributed by atoms with Crippen molar-refractivity contribution in [2.24, 2.45) is 0 Å². The minimum absolute atomic E-state index is 0.0923. The molecule has 9 heteroatoms. The molecule has 0 bridgehead atoms. The third kappa shape index (κ3) is 6.51. The van der Waals surface area contributed by atoms with Gasteiger partial charge in [-0.25, -0.2) is 9.97 Å². The molecule has 2 aromatic rings. The number of carbonyl (C=O) groups excluding carboxylic acids is 1. The standard InChI is InChI=1S/C24H34N4O4S/c1-6-31-21-15-20(28-10-12-30-13-11-28)22(32-7-2)14-19(21)27-23(29)9-8-18-16(3)25-24(33-5)26-17(18)4/h14-15H,6-13H2,1-5H3,(H,27,29). The SMILES string of the molecule is CCOc1cc(N2CCOCC2)c(OCC)cc1NC(=O)CCc1c(C)nc(SC)nc1C. The molecular formula is C24H34N4O4S. The molecule has 0 aliphatic carbocycles. The van der Waals surface area contributed by atoms with Crippen LogP contribution in [0.2, 0.25) is 0 Å². The zero-order valence-electron chi connectivity index (χ0n) is 20.2. The van der Waals surface area contributed by atoms with Gasteiger partial charge in [-0.05, 0) is 45.9 Å². The Morgan fingerprint density at radius 1 is 1.09 bits per heavy atom. The van der Waals surface area contributed by atoms with Crippen LogP contribution >= 0.6 is 11.8 Å². The van der Waals surface area contributed by atoms with Gasteiger partial charge in [-0.1, -0.05) is 11.8 Å². The molecule has 0 unspecified atom stereocenters. The predicted molar refractivity (Wildman–Crippen MR) is 132 cm³/mol. The number of aromatic nitrogens is 2. The normalized spacial score (nSPS) is 13.7. The average molecular weight is 475 g/mol. The number of nitrogens with one attached hydrogen (secondary N) is 1. The molecule has 1 saturated heterocycles. The highest BCUT2D eigenvalue weighted by Crippen LogP contribution is 2.39. The molecule has 1 aliphatic rings. The summed E-state index contributed by atoms with van der Waals surface area (Å²) in [6.07, 6.45) is 2.86. The maximum atomic E-state index is 12.9. The van der Waals surface area contributed by atoms with E-state index in [1.54, 1.807) is 0 Å². The molecule has 2 heterocycles. The van der Waals surface area contributed by atoms with Gasteiger partial charge in [0.05, 0.1) is 37.8 Å². The fourth-order valence-corrected chi connectivity index (χ4v) is 4.31. The Morgan fingerprint density at radius 2 is 1.73 bits per heavy atom. The third-order valence-corrected chi connectivity index (χ3v) is 6.02. The fourth-order valence-electron chi connectivity index (χ4n) is 3.86. The van der Waals surface area contributed by atoms with Crippen LogP contribution in [0, 0.1) is 13.8 Å². The van der Waals surface area contributed by atoms with Crippen LogP contribution in [-0.4, -0.2) is 61.6 Å². The van der Waals surface area contributed by atoms with E-state index in [0.29, 0.717) is 50.7 Å². The van der Waals surface area contributed by atoms with Gasteiger partial charge in [0, 0.05) is 43.0 Å². The Labute approximate surface area is 200 Å². The summed E-state index contributed by atoms with van der Waals surface area (Å²) in [6, 6.07) is 3.82. The largest absolute Gasteiger partial charge is 0.492 e. The molecule has 8 nitrogen and oxygen atoms in total. The first kappa shape index (κ1) is 25.1. The first-order chi connectivity index (χ1) is 16.0. The number of amides is 1. The highest BCUT2D eigenvalue weighted by Gasteiger charge is 2.20. The lowest BCUT2D eigenvalue weighted by Gasteiger charge is -2.31. The molecule has 1 aromatic heterocycles. The smallest absolute Gasteiger partial charge is 0.224 e. The highest BCUT2D eigenvalue weighted by atomic mass is 32.2. The van der Waals surface area contributed by atoms with Crippen LogP contribution in [0.4, 0.5) is 11.4 Å². The number of thioether (sulfide) groups is 1. The molecule has 33 heavy (non-hydrogen) atoms. The molecule has 0 spiro atoms. The topological polar surface area (TPSA) is 85.8 Å². The fraction of sp³-hybridized carbons (Fsp3) is 0.542. The maximum absolute atomic E-state index is 12.9. The number of carbonyl (C=O) groups is 1. The van der Waals surface area contributed by atoms with Crippen molar-refractivity contribution >= 4 is 29.0 Å². The Morgan fingerprint density at radius 3 is 2.33 bits per heavy atom. The molecule has 0 radical (unpaired) electrons. The number of rotatable bonds is 10. The number of aryl methyl sites for hydroxylation is 2. The summed E-state index contributed by atoms with van der Waals surface area (Å²) < 4.78 is 17.3. The second-order valence-corrected chi connectivity index (χ2v) is 8.46. The number of benzene rings is 1. The first-order valence-corrected chi connectivity index (χ1v) is 12.6. The van der Waals surface area contributed by atoms with E-state index in [4.69, 9.17) is 14.2 Å². The van der Waals surface area contributed by atoms with Gasteiger partial charge in [-0.2, -0.15) is 0 Å². The summed E-state index contributed by atoms with van der Waals surface area (Å²) in [4.78, 5) is 24.1. The van der Waals surface area contributed by atoms with Crippen molar-refractivity contribution in [3.63, 3.8) is 0 Å². The molecule has 1 aromatic carbocycles. The molecule has 1 amide bonds. The molecule has 1 fully saturated rings. The van der Waals surface area contributed by atoms with Gasteiger partial charge >= 0.3 is 0 Å². The highest BCUT2D eigenvalue weighted by molar-refractivity contribution is 7.98. The van der Waals surface area contributed by atoms with Gasteiger partial charge in [-0.15, -0.1) is 0 Å². The van der Waals surface area contributed by atoms with Crippen molar-refractivity contribution in [2.75, 3.05) is 56.0 Å². The summed E-state index contributed by atoms with van der Waals surface area (Å²) in [5.41, 5.74) is 4.43. The van der Waals surface area contributed by atoms with Crippen LogP contribution in [0.3, 0.4) is 0 Å². The van der Waals surface area contributed by atoms with E-state index in [1.165, 1.54) is 11.8 Å². The summed E-state index contributed by atoms with van der Waals surface area (Å²) >= 11 is 1.52. The van der Waals surface area contributed by atoms with Gasteiger partial charge in [0.15, 0.2) is 5.16 Å². The number of hydrogen-bond acceptors (Lipinski definition) is 8. The zero-order valence-corrected chi connectivity index (χ0v) is 21.0. The van der Waals surface area contributed by atoms with Crippen LogP contribution in [-0.2, 0) is 16.0 Å². The maximum Gasteiger partial charge on any atom is 0.224 e. The lowest BCUT2D eigenvalue weighted by atomic mass is 10.1. The van der Waals surface area contributed by atoms with Crippen LogP contribution in [0.1, 0.15) is 37.2 Å². The minimum atomic E-state index is -0.0923. The van der Waals surface area contributed by atoms with Crippen molar-refractivity contribution in [3.05, 3.63) is 29.1 Å². The van der Waals surface area contributed by atoms with E-state index in [2.05, 4.69) is 20.2 Å². The molecule has 0 atom stereocenters. The monoisotopic (exact) mass is 474 g/mol. The Hall–Kier alpha value is -2.52. The van der Waals surface area contributed by atoms with Gasteiger partial charge in [0.2, 0.25) is 5.91 Å². The quantitative estimate of drug-likeness (QED) is 0.408. The van der Waals surface area contributed by atoms with E-state index < -0.39 is 0 Å². The van der Waals surface area contributed by atoms with Crippen LogP contribution in [0.25, 0.3) is 0 Å². The van der Waals surface area contributed by atoms with E-state index >= 15 is 0 Å². The summed E-state index contributed by atoms with van der Waals surface area (Å²) in [7, 11) is 0. The van der Waals surface area contributed by atoms with Gasteiger partial charge in [0.1, 0.15) is 11.5 Å². The van der Waals surface area contributed by atoms with Gasteiger partial charge in [0.25, 0.3) is 0 Å². The molecule has 180 valence electrons. The lowest BCUT2D eigenvalue weighted by Crippen LogP contribution is -2.36. The second kappa shape index (κ2) is 12.1. The molecule has 1 N–H and O–H groups in total. The molecular weight excluding hydrogens is 440 g/mol. The van der Waals surface area contributed by atoms with Crippen molar-refractivity contribution < 1.29 is 19.0 Å². The number of anilines is 2. The van der Waals surface area contributed by atoms with Crippen LogP contribution < -0.4 is 19.7 Å². The zero-order chi connectivity index (χ0) is 23.8. The average Bonchev–Trinajstić information content (AvgIpc) is 2.80. The number of morpholine rings is 1. The number of ether oxygens (including phenoxy) is 3. The first-order valence-electron chi connectivity index (χ1n) is 11.4. The Kier molecular flexibility index (Phi) is 9.20. The molecule has 1 aliphatic heterocycles. The van der Waals surface area contributed by atoms with Gasteiger partial charge in [-0.3, -0.25) is 4.79 Å². The van der Waals surface area contributed by atoms with Crippen molar-refractivity contribution in [1.29, 1.82) is 0 Å². The van der Waals surface area contributed by atoms with Crippen LogP contribution in [0.15, 0.2) is 17.3 Å². The van der Waals surface area contributed by atoms with Crippen molar-refractivity contribution in [3.8, 4) is 11.5 Å². The molecule has 3 rings (SSSR count). The third-order valence-electron chi connectivity index (χ3n) is 5.47. The van der Waals surface area contributed by atoms with Crippen LogP contribution in [0.5, 0.6) is 11.5 Å². The minimum Gasteiger partial charge on any atom is -0.492 e. The Balaban J connectivity index is 1.78. The second-order valence-electron chi connectivity index (χ2n) is 7.69. The number of nitrogens with zero attached hydrogens (tertiary/aromatic N) is 3. The van der Waals surface area contributed by atoms with E-state index in [-0.39, 0.29) is 5.91 Å². The molecule has 0 saturated carbocycles. The van der Waals surface area contributed by atoms with Crippen molar-refractivity contribution in [2.45, 2.75) is 45.7 Å². The van der Waals surface area contributed by atoms with E-state index in [1.807, 2.05) is 46.1 Å². The van der Waals surface area contributed by atoms with Gasteiger partial charge < -0.3 is 24.4 Å². The summed E-state index contributed by atoms with van der Waals surface area (Å²) in [5.74, 6) is 1.27. The predicted octanol–water partition coefficient (Wildman–Crippen LogP) is 4.02. The summed E-state index contributed by atoms with van der Waals surface area (Å²) in [6.45, 7) is 11.8. The Bertz CT molecular complexity index is 941. The lowest BCUT2D eigenvalue weighted by molar-refractivity contribution is -0.116. The summed E-state index contributed by atoms with van der Waals surface area (Å²) in [5, 5.41) is 3.78. The van der Waals surface area contributed by atoms with Crippen molar-refractivity contribution in [1.82, 2.24) is 9.97 Å².